The summed E-state index contributed by atoms with van der Waals surface area (Å²) in [5, 5.41) is 11.0. The number of benzene rings is 1. The minimum atomic E-state index is -0.930. The number of carboxylic acids is 1. The van der Waals surface area contributed by atoms with Crippen molar-refractivity contribution < 1.29 is 14.6 Å². The highest BCUT2D eigenvalue weighted by atomic mass is 32.1. The van der Waals surface area contributed by atoms with Crippen molar-refractivity contribution in [3.63, 3.8) is 0 Å². The molecule has 88 valence electrons. The van der Waals surface area contributed by atoms with Crippen molar-refractivity contribution in [3.05, 3.63) is 40.1 Å². The van der Waals surface area contributed by atoms with Gasteiger partial charge in [-0.1, -0.05) is 0 Å². The molecule has 0 saturated heterocycles. The Balaban J connectivity index is 2.57. The first-order valence-corrected chi connectivity index (χ1v) is 5.96. The molecule has 0 unspecified atom stereocenters. The van der Waals surface area contributed by atoms with Gasteiger partial charge in [-0.3, -0.25) is 0 Å². The number of hydrogen-bond acceptors (Lipinski definition) is 3. The lowest BCUT2D eigenvalue weighted by molar-refractivity contribution is 0.0697. The predicted octanol–water partition coefficient (Wildman–Crippen LogP) is 3.43. The van der Waals surface area contributed by atoms with Crippen LogP contribution >= 0.6 is 11.3 Å². The standard InChI is InChI=1S/C13H12O3S/c1-8-5-10(7-17-8)11-6-9(13(14)15)3-4-12(11)16-2/h3-7H,1-2H3,(H,14,15). The first-order valence-electron chi connectivity index (χ1n) is 5.08. The summed E-state index contributed by atoms with van der Waals surface area (Å²) in [4.78, 5) is 12.1. The van der Waals surface area contributed by atoms with Crippen LogP contribution in [0.5, 0.6) is 5.75 Å². The van der Waals surface area contributed by atoms with Crippen LogP contribution in [-0.2, 0) is 0 Å². The van der Waals surface area contributed by atoms with E-state index < -0.39 is 5.97 Å². The van der Waals surface area contributed by atoms with Gasteiger partial charge in [-0.15, -0.1) is 11.3 Å². The van der Waals surface area contributed by atoms with E-state index in [-0.39, 0.29) is 5.56 Å². The molecule has 4 heteroatoms. The zero-order chi connectivity index (χ0) is 12.4. The van der Waals surface area contributed by atoms with Crippen LogP contribution in [0.15, 0.2) is 29.6 Å². The predicted molar refractivity (Wildman–Crippen MR) is 68.0 cm³/mol. The highest BCUT2D eigenvalue weighted by Crippen LogP contribution is 2.33. The lowest BCUT2D eigenvalue weighted by atomic mass is 10.0. The van der Waals surface area contributed by atoms with Gasteiger partial charge in [-0.2, -0.15) is 0 Å². The normalized spacial score (nSPS) is 10.2. The molecule has 1 heterocycles. The van der Waals surface area contributed by atoms with E-state index in [1.807, 2.05) is 18.4 Å². The molecule has 2 aromatic rings. The molecule has 1 aromatic heterocycles. The fourth-order valence-corrected chi connectivity index (χ4v) is 2.35. The zero-order valence-corrected chi connectivity index (χ0v) is 10.4. The minimum Gasteiger partial charge on any atom is -0.496 e. The molecule has 0 spiro atoms. The molecule has 0 bridgehead atoms. The van der Waals surface area contributed by atoms with Gasteiger partial charge in [-0.05, 0) is 42.1 Å². The Hall–Kier alpha value is -1.81. The first kappa shape index (κ1) is 11.7. The third-order valence-corrected chi connectivity index (χ3v) is 3.35. The van der Waals surface area contributed by atoms with Gasteiger partial charge in [0.15, 0.2) is 0 Å². The quantitative estimate of drug-likeness (QED) is 0.905. The van der Waals surface area contributed by atoms with Gasteiger partial charge in [0.05, 0.1) is 12.7 Å². The van der Waals surface area contributed by atoms with E-state index in [0.29, 0.717) is 5.75 Å². The SMILES string of the molecule is COc1ccc(C(=O)O)cc1-c1csc(C)c1. The second-order valence-electron chi connectivity index (χ2n) is 3.67. The van der Waals surface area contributed by atoms with Crippen LogP contribution in [0.4, 0.5) is 0 Å². The van der Waals surface area contributed by atoms with Crippen LogP contribution < -0.4 is 4.74 Å². The number of thiophene rings is 1. The van der Waals surface area contributed by atoms with Gasteiger partial charge in [0.25, 0.3) is 0 Å². The van der Waals surface area contributed by atoms with E-state index in [0.717, 1.165) is 11.1 Å². The summed E-state index contributed by atoms with van der Waals surface area (Å²) in [5.74, 6) is -0.242. The molecule has 17 heavy (non-hydrogen) atoms. The molecular formula is C13H12O3S. The third kappa shape index (κ3) is 2.31. The van der Waals surface area contributed by atoms with Crippen molar-refractivity contribution in [1.29, 1.82) is 0 Å². The Kier molecular flexibility index (Phi) is 3.15. The van der Waals surface area contributed by atoms with Crippen molar-refractivity contribution in [3.8, 4) is 16.9 Å². The highest BCUT2D eigenvalue weighted by Gasteiger charge is 2.11. The molecule has 0 fully saturated rings. The monoisotopic (exact) mass is 248 g/mol. The van der Waals surface area contributed by atoms with Gasteiger partial charge < -0.3 is 9.84 Å². The highest BCUT2D eigenvalue weighted by molar-refractivity contribution is 7.10. The van der Waals surface area contributed by atoms with E-state index in [9.17, 15) is 4.79 Å². The molecule has 1 N–H and O–H groups in total. The fraction of sp³-hybridized carbons (Fsp3) is 0.154. The molecule has 0 radical (unpaired) electrons. The fourth-order valence-electron chi connectivity index (χ4n) is 1.65. The average molecular weight is 248 g/mol. The molecule has 1 aromatic carbocycles. The number of ether oxygens (including phenoxy) is 1. The molecule has 0 aliphatic heterocycles. The van der Waals surface area contributed by atoms with Crippen molar-refractivity contribution >= 4 is 17.3 Å². The van der Waals surface area contributed by atoms with Crippen molar-refractivity contribution in [2.75, 3.05) is 7.11 Å². The Morgan fingerprint density at radius 3 is 2.65 bits per heavy atom. The second kappa shape index (κ2) is 4.59. The van der Waals surface area contributed by atoms with Crippen molar-refractivity contribution in [2.24, 2.45) is 0 Å². The second-order valence-corrected chi connectivity index (χ2v) is 4.78. The van der Waals surface area contributed by atoms with Crippen molar-refractivity contribution in [2.45, 2.75) is 6.92 Å². The first-order chi connectivity index (χ1) is 8.11. The van der Waals surface area contributed by atoms with E-state index in [1.165, 1.54) is 4.88 Å². The summed E-state index contributed by atoms with van der Waals surface area (Å²) >= 11 is 1.63. The van der Waals surface area contributed by atoms with Gasteiger partial charge in [0, 0.05) is 10.4 Å². The maximum atomic E-state index is 11.0. The summed E-state index contributed by atoms with van der Waals surface area (Å²) < 4.78 is 5.26. The lowest BCUT2D eigenvalue weighted by Gasteiger charge is -2.07. The largest absolute Gasteiger partial charge is 0.496 e. The molecule has 0 atom stereocenters. The number of rotatable bonds is 3. The number of aryl methyl sites for hydroxylation is 1. The summed E-state index contributed by atoms with van der Waals surface area (Å²) in [6, 6.07) is 6.90. The van der Waals surface area contributed by atoms with Crippen LogP contribution in [-0.4, -0.2) is 18.2 Å². The summed E-state index contributed by atoms with van der Waals surface area (Å²) in [6.45, 7) is 2.02. The Morgan fingerprint density at radius 2 is 2.12 bits per heavy atom. The van der Waals surface area contributed by atoms with Gasteiger partial charge in [0.2, 0.25) is 0 Å². The average Bonchev–Trinajstić information content (AvgIpc) is 2.74. The van der Waals surface area contributed by atoms with Crippen LogP contribution in [0.3, 0.4) is 0 Å². The van der Waals surface area contributed by atoms with Crippen molar-refractivity contribution in [1.82, 2.24) is 0 Å². The van der Waals surface area contributed by atoms with Gasteiger partial charge in [0.1, 0.15) is 5.75 Å². The molecule has 2 rings (SSSR count). The number of hydrogen-bond donors (Lipinski definition) is 1. The summed E-state index contributed by atoms with van der Waals surface area (Å²) in [7, 11) is 1.58. The Morgan fingerprint density at radius 1 is 1.35 bits per heavy atom. The van der Waals surface area contributed by atoms with Crippen LogP contribution in [0, 0.1) is 6.92 Å². The van der Waals surface area contributed by atoms with E-state index in [1.54, 1.807) is 36.6 Å². The van der Waals surface area contributed by atoms with Crippen LogP contribution in [0.2, 0.25) is 0 Å². The molecule has 0 aliphatic rings. The number of carbonyl (C=O) groups is 1. The molecule has 0 aliphatic carbocycles. The number of carboxylic acid groups (broad SMARTS) is 1. The van der Waals surface area contributed by atoms with E-state index in [4.69, 9.17) is 9.84 Å². The van der Waals surface area contributed by atoms with Crippen LogP contribution in [0.1, 0.15) is 15.2 Å². The minimum absolute atomic E-state index is 0.268. The van der Waals surface area contributed by atoms with E-state index >= 15 is 0 Å². The smallest absolute Gasteiger partial charge is 0.335 e. The number of aromatic carboxylic acids is 1. The molecular weight excluding hydrogens is 236 g/mol. The van der Waals surface area contributed by atoms with Gasteiger partial charge in [-0.25, -0.2) is 4.79 Å². The zero-order valence-electron chi connectivity index (χ0n) is 9.56. The topological polar surface area (TPSA) is 46.5 Å². The maximum absolute atomic E-state index is 11.0. The number of methoxy groups -OCH3 is 1. The Bertz CT molecular complexity index is 558. The summed E-state index contributed by atoms with van der Waals surface area (Å²) in [5.41, 5.74) is 2.08. The Labute approximate surface area is 103 Å². The van der Waals surface area contributed by atoms with E-state index in [2.05, 4.69) is 0 Å². The van der Waals surface area contributed by atoms with Crippen LogP contribution in [0.25, 0.3) is 11.1 Å². The third-order valence-electron chi connectivity index (χ3n) is 2.49. The molecule has 0 saturated carbocycles. The maximum Gasteiger partial charge on any atom is 0.335 e. The molecule has 0 amide bonds. The molecule has 3 nitrogen and oxygen atoms in total. The van der Waals surface area contributed by atoms with Gasteiger partial charge >= 0.3 is 5.97 Å². The lowest BCUT2D eigenvalue weighted by Crippen LogP contribution is -1.97. The summed E-state index contributed by atoms with van der Waals surface area (Å²) in [6.07, 6.45) is 0.